The molecule has 0 saturated heterocycles. The standard InChI is InChI=1S/C29H23ClFN3O2/c30-21-11-7-20(8-12-21)29(36)33(23-15-16-23)18-27(35)34-25-5-2-1-4-24(25)32-17-3-6-26(32)28(34)19-9-13-22(31)14-10-19/h1-14,17,23,28H,15-16,18H2. The maximum Gasteiger partial charge on any atom is 0.254 e. The maximum atomic E-state index is 14.1. The molecule has 180 valence electrons. The summed E-state index contributed by atoms with van der Waals surface area (Å²) in [4.78, 5) is 30.9. The first kappa shape index (κ1) is 22.6. The van der Waals surface area contributed by atoms with Crippen LogP contribution in [0.3, 0.4) is 0 Å². The highest BCUT2D eigenvalue weighted by Crippen LogP contribution is 2.42. The van der Waals surface area contributed by atoms with Gasteiger partial charge in [-0.1, -0.05) is 35.9 Å². The van der Waals surface area contributed by atoms with E-state index in [-0.39, 0.29) is 30.2 Å². The third-order valence-electron chi connectivity index (χ3n) is 6.82. The van der Waals surface area contributed by atoms with Crippen molar-refractivity contribution in [1.29, 1.82) is 0 Å². The molecule has 1 aromatic heterocycles. The number of nitrogens with zero attached hydrogens (tertiary/aromatic N) is 3. The van der Waals surface area contributed by atoms with Gasteiger partial charge in [0.15, 0.2) is 0 Å². The van der Waals surface area contributed by atoms with E-state index < -0.39 is 6.04 Å². The number of carbonyl (C=O) groups is 2. The molecule has 1 aliphatic carbocycles. The molecule has 3 aromatic carbocycles. The molecule has 2 heterocycles. The molecule has 1 unspecified atom stereocenters. The third kappa shape index (κ3) is 3.97. The summed E-state index contributed by atoms with van der Waals surface area (Å²) in [6.07, 6.45) is 3.70. The summed E-state index contributed by atoms with van der Waals surface area (Å²) in [5.74, 6) is -0.718. The molecule has 1 atom stereocenters. The number of benzene rings is 3. The monoisotopic (exact) mass is 499 g/mol. The van der Waals surface area contributed by atoms with Crippen molar-refractivity contribution in [2.75, 3.05) is 11.4 Å². The summed E-state index contributed by atoms with van der Waals surface area (Å²) in [6.45, 7) is -0.0567. The van der Waals surface area contributed by atoms with Gasteiger partial charge in [0.1, 0.15) is 18.4 Å². The number of halogens is 2. The molecule has 2 aliphatic rings. The van der Waals surface area contributed by atoms with Crippen LogP contribution in [-0.2, 0) is 4.79 Å². The molecule has 6 rings (SSSR count). The summed E-state index contributed by atoms with van der Waals surface area (Å²) in [5, 5.41) is 0.552. The van der Waals surface area contributed by atoms with Crippen molar-refractivity contribution >= 4 is 29.1 Å². The number of carbonyl (C=O) groups excluding carboxylic acids is 2. The van der Waals surface area contributed by atoms with E-state index in [1.807, 2.05) is 42.6 Å². The quantitative estimate of drug-likeness (QED) is 0.337. The summed E-state index contributed by atoms with van der Waals surface area (Å²) in [7, 11) is 0. The van der Waals surface area contributed by atoms with E-state index in [9.17, 15) is 14.0 Å². The predicted molar refractivity (Wildman–Crippen MR) is 137 cm³/mol. The first-order valence-electron chi connectivity index (χ1n) is 11.9. The second-order valence-corrected chi connectivity index (χ2v) is 9.62. The Hall–Kier alpha value is -3.90. The van der Waals surface area contributed by atoms with Gasteiger partial charge in [0.25, 0.3) is 5.91 Å². The fourth-order valence-corrected chi connectivity index (χ4v) is 5.08. The maximum absolute atomic E-state index is 14.1. The minimum atomic E-state index is -0.463. The smallest absolute Gasteiger partial charge is 0.254 e. The van der Waals surface area contributed by atoms with Crippen molar-refractivity contribution in [3.05, 3.63) is 119 Å². The Balaban J connectivity index is 1.40. The number of aromatic nitrogens is 1. The van der Waals surface area contributed by atoms with Gasteiger partial charge < -0.3 is 9.47 Å². The van der Waals surface area contributed by atoms with Gasteiger partial charge in [0.2, 0.25) is 5.91 Å². The van der Waals surface area contributed by atoms with Crippen LogP contribution in [0.25, 0.3) is 5.69 Å². The molecule has 4 aromatic rings. The summed E-state index contributed by atoms with van der Waals surface area (Å²) < 4.78 is 15.8. The molecule has 7 heteroatoms. The van der Waals surface area contributed by atoms with Crippen LogP contribution < -0.4 is 4.90 Å². The van der Waals surface area contributed by atoms with Crippen LogP contribution in [0.2, 0.25) is 5.02 Å². The second-order valence-electron chi connectivity index (χ2n) is 9.18. The van der Waals surface area contributed by atoms with Gasteiger partial charge in [-0.25, -0.2) is 4.39 Å². The van der Waals surface area contributed by atoms with Crippen molar-refractivity contribution < 1.29 is 14.0 Å². The van der Waals surface area contributed by atoms with Crippen LogP contribution in [0.15, 0.2) is 91.1 Å². The predicted octanol–water partition coefficient (Wildman–Crippen LogP) is 6.01. The zero-order valence-corrected chi connectivity index (χ0v) is 20.1. The van der Waals surface area contributed by atoms with Gasteiger partial charge in [-0.3, -0.25) is 14.5 Å². The number of fused-ring (bicyclic) bond motifs is 3. The average Bonchev–Trinajstić information content (AvgIpc) is 3.62. The molecule has 1 fully saturated rings. The van der Waals surface area contributed by atoms with Gasteiger partial charge in [-0.05, 0) is 79.1 Å². The van der Waals surface area contributed by atoms with Crippen LogP contribution in [0.1, 0.15) is 40.5 Å². The zero-order chi connectivity index (χ0) is 24.8. The molecule has 0 N–H and O–H groups in total. The van der Waals surface area contributed by atoms with Gasteiger partial charge in [-0.2, -0.15) is 0 Å². The number of para-hydroxylation sites is 2. The Morgan fingerprint density at radius 2 is 1.58 bits per heavy atom. The Bertz CT molecular complexity index is 1440. The van der Waals surface area contributed by atoms with E-state index in [1.54, 1.807) is 46.2 Å². The molecule has 1 aliphatic heterocycles. The molecule has 5 nitrogen and oxygen atoms in total. The Kier molecular flexibility index (Phi) is 5.61. The van der Waals surface area contributed by atoms with E-state index >= 15 is 0 Å². The summed E-state index contributed by atoms with van der Waals surface area (Å²) in [6, 6.07) is 24.2. The van der Waals surface area contributed by atoms with Crippen molar-refractivity contribution in [2.45, 2.75) is 24.9 Å². The highest BCUT2D eigenvalue weighted by Gasteiger charge is 2.40. The lowest BCUT2D eigenvalue weighted by atomic mass is 9.97. The zero-order valence-electron chi connectivity index (χ0n) is 19.4. The fraction of sp³-hybridized carbons (Fsp3) is 0.172. The van der Waals surface area contributed by atoms with E-state index in [0.717, 1.165) is 35.5 Å². The third-order valence-corrected chi connectivity index (χ3v) is 7.07. The van der Waals surface area contributed by atoms with E-state index in [4.69, 9.17) is 11.6 Å². The molecule has 0 bridgehead atoms. The van der Waals surface area contributed by atoms with Crippen molar-refractivity contribution in [2.24, 2.45) is 0 Å². The number of hydrogen-bond acceptors (Lipinski definition) is 2. The highest BCUT2D eigenvalue weighted by molar-refractivity contribution is 6.30. The van der Waals surface area contributed by atoms with Gasteiger partial charge >= 0.3 is 0 Å². The first-order chi connectivity index (χ1) is 17.5. The fourth-order valence-electron chi connectivity index (χ4n) is 4.96. The van der Waals surface area contributed by atoms with Crippen molar-refractivity contribution in [3.8, 4) is 5.69 Å². The van der Waals surface area contributed by atoms with Crippen LogP contribution in [0.5, 0.6) is 0 Å². The topological polar surface area (TPSA) is 45.6 Å². The molecular formula is C29H23ClFN3O2. The molecule has 1 saturated carbocycles. The number of rotatable bonds is 5. The molecule has 0 radical (unpaired) electrons. The lowest BCUT2D eigenvalue weighted by Crippen LogP contribution is -2.47. The number of anilines is 1. The van der Waals surface area contributed by atoms with Gasteiger partial charge in [0.05, 0.1) is 17.1 Å². The normalized spacial score (nSPS) is 16.3. The largest absolute Gasteiger partial charge is 0.326 e. The SMILES string of the molecule is O=C(c1ccc(Cl)cc1)N(CC(=O)N1c2ccccc2-n2cccc2C1c1ccc(F)cc1)C1CC1. The lowest BCUT2D eigenvalue weighted by Gasteiger charge is -2.39. The highest BCUT2D eigenvalue weighted by atomic mass is 35.5. The van der Waals surface area contributed by atoms with Gasteiger partial charge in [-0.15, -0.1) is 0 Å². The Morgan fingerprint density at radius 3 is 2.28 bits per heavy atom. The van der Waals surface area contributed by atoms with E-state index in [1.165, 1.54) is 12.1 Å². The van der Waals surface area contributed by atoms with Gasteiger partial charge in [0, 0.05) is 22.8 Å². The molecular weight excluding hydrogens is 477 g/mol. The van der Waals surface area contributed by atoms with Crippen LogP contribution in [0, 0.1) is 5.82 Å². The number of hydrogen-bond donors (Lipinski definition) is 0. The van der Waals surface area contributed by atoms with Crippen molar-refractivity contribution in [1.82, 2.24) is 9.47 Å². The van der Waals surface area contributed by atoms with E-state index in [2.05, 4.69) is 4.57 Å². The Morgan fingerprint density at radius 1 is 0.889 bits per heavy atom. The Labute approximate surface area is 213 Å². The minimum Gasteiger partial charge on any atom is -0.326 e. The van der Waals surface area contributed by atoms with Crippen molar-refractivity contribution in [3.63, 3.8) is 0 Å². The number of amides is 2. The minimum absolute atomic E-state index is 0.0327. The molecule has 2 amide bonds. The average molecular weight is 500 g/mol. The summed E-state index contributed by atoms with van der Waals surface area (Å²) in [5.41, 5.74) is 3.82. The lowest BCUT2D eigenvalue weighted by molar-refractivity contribution is -0.119. The molecule has 36 heavy (non-hydrogen) atoms. The molecule has 0 spiro atoms. The van der Waals surface area contributed by atoms with Crippen LogP contribution in [-0.4, -0.2) is 33.9 Å². The first-order valence-corrected chi connectivity index (χ1v) is 12.3. The summed E-state index contributed by atoms with van der Waals surface area (Å²) >= 11 is 6.01. The van der Waals surface area contributed by atoms with Crippen LogP contribution in [0.4, 0.5) is 10.1 Å². The van der Waals surface area contributed by atoms with Crippen LogP contribution >= 0.6 is 11.6 Å². The van der Waals surface area contributed by atoms with E-state index in [0.29, 0.717) is 10.6 Å². The second kappa shape index (κ2) is 8.95.